The summed E-state index contributed by atoms with van der Waals surface area (Å²) in [5, 5.41) is 3.51. The van der Waals surface area contributed by atoms with Gasteiger partial charge < -0.3 is 14.5 Å². The van der Waals surface area contributed by atoms with E-state index in [1.807, 2.05) is 13.2 Å². The van der Waals surface area contributed by atoms with E-state index in [0.29, 0.717) is 34.5 Å². The van der Waals surface area contributed by atoms with Gasteiger partial charge >= 0.3 is 0 Å². The highest BCUT2D eigenvalue weighted by Crippen LogP contribution is 2.25. The minimum absolute atomic E-state index is 0.0867. The van der Waals surface area contributed by atoms with Crippen molar-refractivity contribution in [1.29, 1.82) is 0 Å². The van der Waals surface area contributed by atoms with Crippen molar-refractivity contribution < 1.29 is 13.9 Å². The second kappa shape index (κ2) is 7.42. The predicted octanol–water partition coefficient (Wildman–Crippen LogP) is 2.53. The number of carbonyl (C=O) groups excluding carboxylic acids is 1. The van der Waals surface area contributed by atoms with Crippen LogP contribution in [0.3, 0.4) is 0 Å². The van der Waals surface area contributed by atoms with Gasteiger partial charge in [0.25, 0.3) is 5.91 Å². The van der Waals surface area contributed by atoms with Gasteiger partial charge in [-0.05, 0) is 32.2 Å². The van der Waals surface area contributed by atoms with Crippen LogP contribution in [0.1, 0.15) is 23.0 Å². The van der Waals surface area contributed by atoms with Crippen LogP contribution in [0.25, 0.3) is 11.6 Å². The Morgan fingerprint density at radius 1 is 1.50 bits per heavy atom. The summed E-state index contributed by atoms with van der Waals surface area (Å²) >= 11 is 1.40. The summed E-state index contributed by atoms with van der Waals surface area (Å²) in [6.07, 6.45) is 3.45. The number of methoxy groups -OCH3 is 1. The van der Waals surface area contributed by atoms with E-state index in [1.165, 1.54) is 11.8 Å². The third-order valence-corrected chi connectivity index (χ3v) is 3.69. The number of nitrogens with zero attached hydrogens (tertiary/aromatic N) is 2. The maximum atomic E-state index is 12.4. The number of nitrogens with one attached hydrogen (secondary N) is 1. The highest BCUT2D eigenvalue weighted by atomic mass is 32.2. The van der Waals surface area contributed by atoms with Crippen LogP contribution in [-0.2, 0) is 4.74 Å². The minimum Gasteiger partial charge on any atom is -0.461 e. The highest BCUT2D eigenvalue weighted by Gasteiger charge is 2.20. The van der Waals surface area contributed by atoms with E-state index in [9.17, 15) is 4.79 Å². The second-order valence-electron chi connectivity index (χ2n) is 4.82. The summed E-state index contributed by atoms with van der Waals surface area (Å²) in [5.74, 6) is 0.865. The Balaban J connectivity index is 2.33. The summed E-state index contributed by atoms with van der Waals surface area (Å²) in [5.41, 5.74) is 1.11. The van der Waals surface area contributed by atoms with Crippen LogP contribution in [0.5, 0.6) is 0 Å². The molecule has 0 fully saturated rings. The van der Waals surface area contributed by atoms with Crippen LogP contribution < -0.4 is 5.32 Å². The minimum atomic E-state index is -0.197. The van der Waals surface area contributed by atoms with Crippen LogP contribution in [0, 0.1) is 6.92 Å². The Hall–Kier alpha value is -1.86. The number of thioether (sulfide) groups is 1. The molecule has 0 radical (unpaired) electrons. The zero-order valence-corrected chi connectivity index (χ0v) is 13.9. The largest absolute Gasteiger partial charge is 0.461 e. The third kappa shape index (κ3) is 3.66. The first-order valence-electron chi connectivity index (χ1n) is 6.83. The number of hydrogen-bond acceptors (Lipinski definition) is 6. The fourth-order valence-electron chi connectivity index (χ4n) is 2.06. The molecule has 2 aromatic heterocycles. The molecule has 0 aromatic carbocycles. The molecular weight excluding hydrogens is 302 g/mol. The maximum Gasteiger partial charge on any atom is 0.256 e. The lowest BCUT2D eigenvalue weighted by Crippen LogP contribution is -2.36. The van der Waals surface area contributed by atoms with E-state index in [-0.39, 0.29) is 11.9 Å². The van der Waals surface area contributed by atoms with Crippen molar-refractivity contribution in [2.45, 2.75) is 24.9 Å². The van der Waals surface area contributed by atoms with Gasteiger partial charge in [-0.15, -0.1) is 11.8 Å². The van der Waals surface area contributed by atoms with E-state index < -0.39 is 0 Å². The molecule has 7 heteroatoms. The molecule has 1 unspecified atom stereocenters. The van der Waals surface area contributed by atoms with Crippen LogP contribution in [0.15, 0.2) is 27.8 Å². The lowest BCUT2D eigenvalue weighted by atomic mass is 10.2. The van der Waals surface area contributed by atoms with Crippen molar-refractivity contribution in [2.24, 2.45) is 0 Å². The molecule has 0 aliphatic heterocycles. The smallest absolute Gasteiger partial charge is 0.256 e. The van der Waals surface area contributed by atoms with Crippen molar-refractivity contribution in [1.82, 2.24) is 15.3 Å². The molecule has 0 spiro atoms. The second-order valence-corrected chi connectivity index (χ2v) is 5.62. The van der Waals surface area contributed by atoms with Crippen LogP contribution in [0.4, 0.5) is 0 Å². The fourth-order valence-corrected chi connectivity index (χ4v) is 2.68. The molecule has 0 saturated heterocycles. The number of carbonyl (C=O) groups is 1. The molecule has 0 bridgehead atoms. The standard InChI is InChI=1S/C15H19N3O3S/c1-9(8-20-3)16-14(19)12-10(2)17-13(18-15(12)22-4)11-6-5-7-21-11/h5-7,9H,8H2,1-4H3,(H,16,19). The number of ether oxygens (including phenoxy) is 1. The number of aromatic nitrogens is 2. The summed E-state index contributed by atoms with van der Waals surface area (Å²) in [4.78, 5) is 21.3. The van der Waals surface area contributed by atoms with Crippen molar-refractivity contribution in [3.05, 3.63) is 29.7 Å². The number of hydrogen-bond donors (Lipinski definition) is 1. The van der Waals surface area contributed by atoms with Crippen LogP contribution >= 0.6 is 11.8 Å². The highest BCUT2D eigenvalue weighted by molar-refractivity contribution is 7.98. The number of rotatable bonds is 6. The Morgan fingerprint density at radius 3 is 2.86 bits per heavy atom. The molecule has 118 valence electrons. The first-order chi connectivity index (χ1) is 10.6. The molecule has 2 rings (SSSR count). The van der Waals surface area contributed by atoms with Crippen molar-refractivity contribution in [2.75, 3.05) is 20.0 Å². The summed E-state index contributed by atoms with van der Waals surface area (Å²) in [6, 6.07) is 3.48. The van der Waals surface area contributed by atoms with Crippen molar-refractivity contribution in [3.8, 4) is 11.6 Å². The summed E-state index contributed by atoms with van der Waals surface area (Å²) < 4.78 is 10.4. The average molecular weight is 321 g/mol. The molecule has 1 N–H and O–H groups in total. The zero-order chi connectivity index (χ0) is 16.1. The van der Waals surface area contributed by atoms with Gasteiger partial charge in [-0.3, -0.25) is 4.79 Å². The van der Waals surface area contributed by atoms with Gasteiger partial charge in [0.15, 0.2) is 11.6 Å². The lowest BCUT2D eigenvalue weighted by Gasteiger charge is -2.15. The lowest BCUT2D eigenvalue weighted by molar-refractivity contribution is 0.0900. The summed E-state index contributed by atoms with van der Waals surface area (Å²) in [7, 11) is 1.60. The van der Waals surface area contributed by atoms with Gasteiger partial charge in [-0.2, -0.15) is 0 Å². The molecule has 22 heavy (non-hydrogen) atoms. The van der Waals surface area contributed by atoms with Gasteiger partial charge in [0.1, 0.15) is 5.03 Å². The zero-order valence-electron chi connectivity index (χ0n) is 13.0. The number of furan rings is 1. The molecule has 2 heterocycles. The molecule has 0 aliphatic carbocycles. The fraction of sp³-hybridized carbons (Fsp3) is 0.400. The molecule has 1 atom stereocenters. The number of amides is 1. The van der Waals surface area contributed by atoms with E-state index in [2.05, 4.69) is 15.3 Å². The van der Waals surface area contributed by atoms with Gasteiger partial charge in [0.05, 0.1) is 24.1 Å². The molecule has 6 nitrogen and oxygen atoms in total. The van der Waals surface area contributed by atoms with E-state index in [4.69, 9.17) is 9.15 Å². The SMILES string of the molecule is COCC(C)NC(=O)c1c(C)nc(-c2ccco2)nc1SC. The monoisotopic (exact) mass is 321 g/mol. The van der Waals surface area contributed by atoms with E-state index in [0.717, 1.165) is 0 Å². The predicted molar refractivity (Wildman–Crippen MR) is 85.1 cm³/mol. The maximum absolute atomic E-state index is 12.4. The van der Waals surface area contributed by atoms with Crippen LogP contribution in [-0.4, -0.2) is 41.9 Å². The van der Waals surface area contributed by atoms with E-state index >= 15 is 0 Å². The molecule has 0 saturated carbocycles. The molecule has 2 aromatic rings. The molecule has 1 amide bonds. The Labute approximate surface area is 133 Å². The average Bonchev–Trinajstić information content (AvgIpc) is 3.00. The van der Waals surface area contributed by atoms with Crippen molar-refractivity contribution >= 4 is 17.7 Å². The first-order valence-corrected chi connectivity index (χ1v) is 8.05. The topological polar surface area (TPSA) is 77.2 Å². The van der Waals surface area contributed by atoms with E-state index in [1.54, 1.807) is 32.4 Å². The van der Waals surface area contributed by atoms with Gasteiger partial charge in [-0.25, -0.2) is 9.97 Å². The van der Waals surface area contributed by atoms with Crippen molar-refractivity contribution in [3.63, 3.8) is 0 Å². The number of aryl methyl sites for hydroxylation is 1. The molecular formula is C15H19N3O3S. The first kappa shape index (κ1) is 16.5. The third-order valence-electron chi connectivity index (χ3n) is 3.01. The van der Waals surface area contributed by atoms with Gasteiger partial charge in [-0.1, -0.05) is 0 Å². The Kier molecular flexibility index (Phi) is 5.57. The molecule has 0 aliphatic rings. The van der Waals surface area contributed by atoms with Gasteiger partial charge in [0, 0.05) is 13.2 Å². The van der Waals surface area contributed by atoms with Crippen LogP contribution in [0.2, 0.25) is 0 Å². The van der Waals surface area contributed by atoms with Gasteiger partial charge in [0.2, 0.25) is 0 Å². The Bertz CT molecular complexity index is 644. The normalized spacial score (nSPS) is 12.2. The quantitative estimate of drug-likeness (QED) is 0.651. The summed E-state index contributed by atoms with van der Waals surface area (Å²) in [6.45, 7) is 4.13. The Morgan fingerprint density at radius 2 is 2.27 bits per heavy atom.